The van der Waals surface area contributed by atoms with Crippen LogP contribution in [-0.4, -0.2) is 18.1 Å². The van der Waals surface area contributed by atoms with Crippen molar-refractivity contribution in [2.45, 2.75) is 39.3 Å². The molecule has 21 heavy (non-hydrogen) atoms. The zero-order valence-corrected chi connectivity index (χ0v) is 13.6. The maximum Gasteiger partial charge on any atom is 0.162 e. The average Bonchev–Trinajstić information content (AvgIpc) is 2.90. The van der Waals surface area contributed by atoms with E-state index in [4.69, 9.17) is 15.2 Å². The number of benzene rings is 1. The van der Waals surface area contributed by atoms with Crippen molar-refractivity contribution in [2.24, 2.45) is 5.73 Å². The minimum absolute atomic E-state index is 0.174. The Balaban J connectivity index is 2.09. The molecule has 2 aromatic rings. The van der Waals surface area contributed by atoms with Crippen LogP contribution in [0.4, 0.5) is 0 Å². The molecule has 0 fully saturated rings. The number of ether oxygens (including phenoxy) is 2. The summed E-state index contributed by atoms with van der Waals surface area (Å²) in [4.78, 5) is 4.40. The van der Waals surface area contributed by atoms with Gasteiger partial charge in [0.25, 0.3) is 0 Å². The summed E-state index contributed by atoms with van der Waals surface area (Å²) in [5.74, 6) is 1.47. The predicted molar refractivity (Wildman–Crippen MR) is 86.1 cm³/mol. The van der Waals surface area contributed by atoms with E-state index in [0.717, 1.165) is 40.6 Å². The first-order chi connectivity index (χ1) is 10.1. The second kappa shape index (κ2) is 7.43. The summed E-state index contributed by atoms with van der Waals surface area (Å²) >= 11 is 1.63. The van der Waals surface area contributed by atoms with E-state index in [9.17, 15) is 0 Å². The fourth-order valence-electron chi connectivity index (χ4n) is 2.03. The molecule has 2 rings (SSSR count). The van der Waals surface area contributed by atoms with Crippen molar-refractivity contribution in [3.63, 3.8) is 0 Å². The van der Waals surface area contributed by atoms with Crippen LogP contribution in [0.15, 0.2) is 23.6 Å². The maximum atomic E-state index is 6.01. The molecule has 1 unspecified atom stereocenters. The summed E-state index contributed by atoms with van der Waals surface area (Å²) in [5.41, 5.74) is 8.11. The highest BCUT2D eigenvalue weighted by molar-refractivity contribution is 7.09. The number of thiazole rings is 1. The Hall–Kier alpha value is -1.59. The minimum atomic E-state index is 0.174. The van der Waals surface area contributed by atoms with Crippen LogP contribution in [0, 0.1) is 6.92 Å². The van der Waals surface area contributed by atoms with Gasteiger partial charge in [-0.1, -0.05) is 13.0 Å². The Morgan fingerprint density at radius 3 is 2.76 bits per heavy atom. The van der Waals surface area contributed by atoms with Gasteiger partial charge in [0.05, 0.1) is 17.8 Å². The Morgan fingerprint density at radius 1 is 1.33 bits per heavy atom. The van der Waals surface area contributed by atoms with E-state index in [1.165, 1.54) is 0 Å². The zero-order valence-electron chi connectivity index (χ0n) is 12.8. The first-order valence-corrected chi connectivity index (χ1v) is 7.96. The SMILES string of the molecule is CCC(N)Cc1ccc(OC)c(OCc2csc(C)n2)c1. The average molecular weight is 306 g/mol. The van der Waals surface area contributed by atoms with Gasteiger partial charge in [0.15, 0.2) is 11.5 Å². The lowest BCUT2D eigenvalue weighted by molar-refractivity contribution is 0.281. The Kier molecular flexibility index (Phi) is 5.59. The largest absolute Gasteiger partial charge is 0.493 e. The zero-order chi connectivity index (χ0) is 15.2. The number of aromatic nitrogens is 1. The molecule has 2 N–H and O–H groups in total. The quantitative estimate of drug-likeness (QED) is 0.852. The maximum absolute atomic E-state index is 6.01. The lowest BCUT2D eigenvalue weighted by Gasteiger charge is -2.13. The summed E-state index contributed by atoms with van der Waals surface area (Å²) < 4.78 is 11.2. The van der Waals surface area contributed by atoms with Crippen LogP contribution in [0.2, 0.25) is 0 Å². The van der Waals surface area contributed by atoms with E-state index < -0.39 is 0 Å². The van der Waals surface area contributed by atoms with Crippen molar-refractivity contribution in [3.8, 4) is 11.5 Å². The minimum Gasteiger partial charge on any atom is -0.493 e. The highest BCUT2D eigenvalue weighted by Gasteiger charge is 2.09. The smallest absolute Gasteiger partial charge is 0.162 e. The summed E-state index contributed by atoms with van der Waals surface area (Å²) in [6, 6.07) is 6.15. The third kappa shape index (κ3) is 4.44. The van der Waals surface area contributed by atoms with E-state index in [1.54, 1.807) is 18.4 Å². The van der Waals surface area contributed by atoms with Gasteiger partial charge in [-0.05, 0) is 37.5 Å². The molecule has 5 heteroatoms. The van der Waals surface area contributed by atoms with Crippen molar-refractivity contribution < 1.29 is 9.47 Å². The van der Waals surface area contributed by atoms with E-state index >= 15 is 0 Å². The van der Waals surface area contributed by atoms with Crippen LogP contribution in [-0.2, 0) is 13.0 Å². The Bertz CT molecular complexity index is 583. The molecule has 4 nitrogen and oxygen atoms in total. The van der Waals surface area contributed by atoms with Crippen molar-refractivity contribution in [1.29, 1.82) is 0 Å². The molecule has 1 aromatic heterocycles. The number of rotatable bonds is 7. The van der Waals surface area contributed by atoms with Gasteiger partial charge in [-0.3, -0.25) is 0 Å². The monoisotopic (exact) mass is 306 g/mol. The molecule has 0 radical (unpaired) electrons. The van der Waals surface area contributed by atoms with Crippen molar-refractivity contribution in [3.05, 3.63) is 39.8 Å². The third-order valence-electron chi connectivity index (χ3n) is 3.29. The van der Waals surface area contributed by atoms with Crippen molar-refractivity contribution >= 4 is 11.3 Å². The molecule has 1 heterocycles. The molecule has 1 atom stereocenters. The molecule has 114 valence electrons. The standard InChI is InChI=1S/C16H22N2O2S/c1-4-13(17)7-12-5-6-15(19-3)16(8-12)20-9-14-10-21-11(2)18-14/h5-6,8,10,13H,4,7,9,17H2,1-3H3. The topological polar surface area (TPSA) is 57.4 Å². The fraction of sp³-hybridized carbons (Fsp3) is 0.438. The normalized spacial score (nSPS) is 12.2. The molecular weight excluding hydrogens is 284 g/mol. The van der Waals surface area contributed by atoms with E-state index in [1.807, 2.05) is 30.5 Å². The Labute approximate surface area is 129 Å². The molecule has 0 saturated heterocycles. The van der Waals surface area contributed by atoms with Gasteiger partial charge in [0.2, 0.25) is 0 Å². The number of hydrogen-bond donors (Lipinski definition) is 1. The lowest BCUT2D eigenvalue weighted by atomic mass is 10.0. The number of nitrogens with zero attached hydrogens (tertiary/aromatic N) is 1. The molecule has 0 saturated carbocycles. The number of hydrogen-bond acceptors (Lipinski definition) is 5. The second-order valence-electron chi connectivity index (χ2n) is 5.00. The van der Waals surface area contributed by atoms with Crippen LogP contribution >= 0.6 is 11.3 Å². The number of methoxy groups -OCH3 is 1. The van der Waals surface area contributed by atoms with Crippen molar-refractivity contribution in [2.75, 3.05) is 7.11 Å². The first kappa shape index (κ1) is 15.8. The lowest BCUT2D eigenvalue weighted by Crippen LogP contribution is -2.21. The first-order valence-electron chi connectivity index (χ1n) is 7.08. The van der Waals surface area contributed by atoms with Gasteiger partial charge in [-0.25, -0.2) is 4.98 Å². The van der Waals surface area contributed by atoms with Crippen LogP contribution in [0.5, 0.6) is 11.5 Å². The third-order valence-corrected chi connectivity index (χ3v) is 4.11. The van der Waals surface area contributed by atoms with Crippen LogP contribution in [0.3, 0.4) is 0 Å². The van der Waals surface area contributed by atoms with Gasteiger partial charge in [-0.2, -0.15) is 0 Å². The van der Waals surface area contributed by atoms with Gasteiger partial charge >= 0.3 is 0 Å². The second-order valence-corrected chi connectivity index (χ2v) is 6.07. The van der Waals surface area contributed by atoms with E-state index in [-0.39, 0.29) is 6.04 Å². The summed E-state index contributed by atoms with van der Waals surface area (Å²) in [6.07, 6.45) is 1.80. The van der Waals surface area contributed by atoms with Crippen molar-refractivity contribution in [1.82, 2.24) is 4.98 Å². The fourth-order valence-corrected chi connectivity index (χ4v) is 2.63. The van der Waals surface area contributed by atoms with Gasteiger partial charge in [0, 0.05) is 11.4 Å². The Morgan fingerprint density at radius 2 is 2.14 bits per heavy atom. The molecule has 0 aliphatic carbocycles. The highest BCUT2D eigenvalue weighted by atomic mass is 32.1. The predicted octanol–water partition coefficient (Wildman–Crippen LogP) is 3.32. The molecule has 0 bridgehead atoms. The molecule has 1 aromatic carbocycles. The molecular formula is C16H22N2O2S. The van der Waals surface area contributed by atoms with E-state index in [2.05, 4.69) is 11.9 Å². The molecule has 0 spiro atoms. The summed E-state index contributed by atoms with van der Waals surface area (Å²) in [5, 5.41) is 3.06. The van der Waals surface area contributed by atoms with E-state index in [0.29, 0.717) is 6.61 Å². The molecule has 0 aliphatic heterocycles. The van der Waals surface area contributed by atoms with Crippen LogP contribution in [0.25, 0.3) is 0 Å². The highest BCUT2D eigenvalue weighted by Crippen LogP contribution is 2.29. The molecule has 0 amide bonds. The summed E-state index contributed by atoms with van der Waals surface area (Å²) in [6.45, 7) is 4.53. The van der Waals surface area contributed by atoms with Crippen LogP contribution < -0.4 is 15.2 Å². The van der Waals surface area contributed by atoms with Crippen LogP contribution in [0.1, 0.15) is 29.6 Å². The van der Waals surface area contributed by atoms with Gasteiger partial charge in [0.1, 0.15) is 6.61 Å². The van der Waals surface area contributed by atoms with Gasteiger partial charge < -0.3 is 15.2 Å². The number of aryl methyl sites for hydroxylation is 1. The molecule has 0 aliphatic rings. The van der Waals surface area contributed by atoms with Gasteiger partial charge in [-0.15, -0.1) is 11.3 Å². The number of nitrogens with two attached hydrogens (primary N) is 1. The summed E-state index contributed by atoms with van der Waals surface area (Å²) in [7, 11) is 1.65.